The third kappa shape index (κ3) is 7.63. The van der Waals surface area contributed by atoms with Crippen molar-refractivity contribution in [1.82, 2.24) is 5.32 Å². The van der Waals surface area contributed by atoms with Gasteiger partial charge in [0.15, 0.2) is 11.5 Å². The molecule has 0 spiro atoms. The van der Waals surface area contributed by atoms with Crippen LogP contribution in [0.2, 0.25) is 5.02 Å². The third-order valence-electron chi connectivity index (χ3n) is 9.50. The zero-order chi connectivity index (χ0) is 33.0. The number of benzene rings is 3. The van der Waals surface area contributed by atoms with Crippen molar-refractivity contribution in [2.24, 2.45) is 11.8 Å². The lowest BCUT2D eigenvalue weighted by molar-refractivity contribution is -0.125. The first kappa shape index (κ1) is 33.6. The summed E-state index contributed by atoms with van der Waals surface area (Å²) in [4.78, 5) is 30.2. The number of ether oxygens (including phenoxy) is 2. The largest absolute Gasteiger partial charge is 0.493 e. The second kappa shape index (κ2) is 14.8. The molecular formula is C38H48ClN3O4. The molecule has 1 N–H and O–H groups in total. The highest BCUT2D eigenvalue weighted by molar-refractivity contribution is 6.30. The quantitative estimate of drug-likeness (QED) is 0.229. The number of nitrogens with one attached hydrogen (secondary N) is 1. The number of carbonyl (C=O) groups is 2. The summed E-state index contributed by atoms with van der Waals surface area (Å²) in [6.07, 6.45) is 5.40. The lowest BCUT2D eigenvalue weighted by Gasteiger charge is -2.38. The maximum absolute atomic E-state index is 13.9. The lowest BCUT2D eigenvalue weighted by atomic mass is 9.85. The zero-order valence-electron chi connectivity index (χ0n) is 28.0. The van der Waals surface area contributed by atoms with Crippen LogP contribution in [0.15, 0.2) is 60.7 Å². The molecule has 1 aliphatic heterocycles. The molecule has 3 aromatic carbocycles. The summed E-state index contributed by atoms with van der Waals surface area (Å²) in [7, 11) is 3.77. The van der Waals surface area contributed by atoms with Crippen LogP contribution in [0.3, 0.4) is 0 Å². The van der Waals surface area contributed by atoms with Gasteiger partial charge in [-0.1, -0.05) is 44.5 Å². The van der Waals surface area contributed by atoms with Gasteiger partial charge in [-0.2, -0.15) is 0 Å². The minimum atomic E-state index is -0.353. The number of rotatable bonds is 11. The highest BCUT2D eigenvalue weighted by Crippen LogP contribution is 2.44. The molecule has 246 valence electrons. The number of carbonyl (C=O) groups excluding carboxylic acids is 2. The van der Waals surface area contributed by atoms with Gasteiger partial charge in [0.1, 0.15) is 0 Å². The van der Waals surface area contributed by atoms with Crippen LogP contribution in [0.25, 0.3) is 0 Å². The van der Waals surface area contributed by atoms with Gasteiger partial charge in [0.2, 0.25) is 11.8 Å². The molecule has 7 nitrogen and oxygen atoms in total. The number of halogens is 1. The summed E-state index contributed by atoms with van der Waals surface area (Å²) in [5.74, 6) is 2.08. The maximum atomic E-state index is 13.9. The van der Waals surface area contributed by atoms with Crippen LogP contribution in [-0.4, -0.2) is 44.7 Å². The topological polar surface area (TPSA) is 71.1 Å². The molecule has 3 aromatic rings. The molecule has 1 unspecified atom stereocenters. The van der Waals surface area contributed by atoms with Crippen molar-refractivity contribution in [3.05, 3.63) is 82.4 Å². The summed E-state index contributed by atoms with van der Waals surface area (Å²) in [6, 6.07) is 20.0. The molecule has 1 heterocycles. The Balaban J connectivity index is 1.38. The van der Waals surface area contributed by atoms with Crippen molar-refractivity contribution in [3.63, 3.8) is 0 Å². The Bertz CT molecular complexity index is 1500. The van der Waals surface area contributed by atoms with E-state index in [1.165, 1.54) is 0 Å². The summed E-state index contributed by atoms with van der Waals surface area (Å²) in [6.45, 7) is 8.97. The number of methoxy groups -OCH3 is 1. The van der Waals surface area contributed by atoms with E-state index in [1.54, 1.807) is 7.11 Å². The second-order valence-electron chi connectivity index (χ2n) is 13.2. The van der Waals surface area contributed by atoms with Gasteiger partial charge in [-0.05, 0) is 110 Å². The average molecular weight is 646 g/mol. The van der Waals surface area contributed by atoms with E-state index in [2.05, 4.69) is 48.5 Å². The first-order valence-electron chi connectivity index (χ1n) is 16.6. The molecule has 2 amide bonds. The molecule has 1 aliphatic carbocycles. The lowest BCUT2D eigenvalue weighted by Crippen LogP contribution is -2.41. The summed E-state index contributed by atoms with van der Waals surface area (Å²) in [5.41, 5.74) is 4.88. The smallest absolute Gasteiger partial charge is 0.232 e. The molecule has 46 heavy (non-hydrogen) atoms. The van der Waals surface area contributed by atoms with Crippen LogP contribution in [0, 0.1) is 11.8 Å². The molecule has 1 saturated carbocycles. The molecule has 2 aliphatic rings. The molecule has 0 saturated heterocycles. The van der Waals surface area contributed by atoms with Crippen LogP contribution in [0.5, 0.6) is 11.5 Å². The molecule has 2 atom stereocenters. The van der Waals surface area contributed by atoms with E-state index in [-0.39, 0.29) is 42.3 Å². The average Bonchev–Trinajstić information content (AvgIpc) is 3.05. The van der Waals surface area contributed by atoms with Crippen LogP contribution in [0.1, 0.15) is 82.5 Å². The van der Waals surface area contributed by atoms with Crippen LogP contribution < -0.4 is 24.6 Å². The fourth-order valence-corrected chi connectivity index (χ4v) is 6.72. The predicted molar refractivity (Wildman–Crippen MR) is 186 cm³/mol. The Kier molecular flexibility index (Phi) is 10.8. The van der Waals surface area contributed by atoms with Gasteiger partial charge in [0.25, 0.3) is 0 Å². The van der Waals surface area contributed by atoms with Crippen molar-refractivity contribution in [2.45, 2.75) is 84.4 Å². The van der Waals surface area contributed by atoms with Gasteiger partial charge in [0, 0.05) is 41.9 Å². The SMILES string of the molecule is CC[C@@H](C)Oc1cc2c(cc1OC)CC(=O)N(c1ccc(N(C)CC3CCC(NC(=O)C(C)C)CC3)cc1)C2c1ccc(Cl)cc1. The summed E-state index contributed by atoms with van der Waals surface area (Å²) in [5, 5.41) is 3.85. The molecule has 5 rings (SSSR count). The van der Waals surface area contributed by atoms with E-state index < -0.39 is 0 Å². The molecule has 8 heteroatoms. The third-order valence-corrected chi connectivity index (χ3v) is 9.75. The maximum Gasteiger partial charge on any atom is 0.232 e. The highest BCUT2D eigenvalue weighted by Gasteiger charge is 2.36. The van der Waals surface area contributed by atoms with E-state index in [0.717, 1.165) is 66.7 Å². The van der Waals surface area contributed by atoms with Crippen LogP contribution in [0.4, 0.5) is 11.4 Å². The van der Waals surface area contributed by atoms with Crippen molar-refractivity contribution < 1.29 is 19.1 Å². The molecular weight excluding hydrogens is 598 g/mol. The fraction of sp³-hybridized carbons (Fsp3) is 0.474. The normalized spacial score (nSPS) is 20.2. The predicted octanol–water partition coefficient (Wildman–Crippen LogP) is 7.97. The zero-order valence-corrected chi connectivity index (χ0v) is 28.8. The monoisotopic (exact) mass is 645 g/mol. The first-order chi connectivity index (χ1) is 22.1. The van der Waals surface area contributed by atoms with Crippen molar-refractivity contribution >= 4 is 34.8 Å². The molecule has 1 fully saturated rings. The van der Waals surface area contributed by atoms with Gasteiger partial charge in [0.05, 0.1) is 25.7 Å². The number of hydrogen-bond donors (Lipinski definition) is 1. The summed E-state index contributed by atoms with van der Waals surface area (Å²) < 4.78 is 12.0. The number of nitrogens with zero attached hydrogens (tertiary/aromatic N) is 2. The number of anilines is 2. The minimum Gasteiger partial charge on any atom is -0.493 e. The Labute approximate surface area is 279 Å². The minimum absolute atomic E-state index is 0.0209. The van der Waals surface area contributed by atoms with Crippen molar-refractivity contribution in [3.8, 4) is 11.5 Å². The molecule has 0 aromatic heterocycles. The van der Waals surface area contributed by atoms with Crippen molar-refractivity contribution in [1.29, 1.82) is 0 Å². The van der Waals surface area contributed by atoms with Gasteiger partial charge in [-0.25, -0.2) is 0 Å². The van der Waals surface area contributed by atoms with Gasteiger partial charge < -0.3 is 24.6 Å². The van der Waals surface area contributed by atoms with Crippen LogP contribution >= 0.6 is 11.6 Å². The van der Waals surface area contributed by atoms with Gasteiger partial charge in [-0.3, -0.25) is 9.59 Å². The summed E-state index contributed by atoms with van der Waals surface area (Å²) >= 11 is 6.29. The molecule has 0 radical (unpaired) electrons. The van der Waals surface area contributed by atoms with Crippen LogP contribution in [-0.2, 0) is 16.0 Å². The number of hydrogen-bond acceptors (Lipinski definition) is 5. The second-order valence-corrected chi connectivity index (χ2v) is 13.6. The number of fused-ring (bicyclic) bond motifs is 1. The van der Waals surface area contributed by atoms with E-state index in [0.29, 0.717) is 22.4 Å². The standard InChI is InChI=1S/C38H48ClN3O4/c1-7-25(4)46-35-22-33-28(20-34(35)45-6)21-36(43)42(37(33)27-10-12-29(39)13-11-27)32-18-16-31(17-19-32)41(5)23-26-8-14-30(15-9-26)40-38(44)24(2)3/h10-13,16-20,22,24-26,30,37H,7-9,14-15,21,23H2,1-6H3,(H,40,44)/t25-,26?,30?,37?/m1/s1. The Morgan fingerprint density at radius 1 is 1.00 bits per heavy atom. The number of amides is 2. The Morgan fingerprint density at radius 3 is 2.28 bits per heavy atom. The van der Waals surface area contributed by atoms with Gasteiger partial charge in [-0.15, -0.1) is 0 Å². The fourth-order valence-electron chi connectivity index (χ4n) is 6.59. The Morgan fingerprint density at radius 2 is 1.67 bits per heavy atom. The van der Waals surface area contributed by atoms with E-state index in [4.69, 9.17) is 21.1 Å². The van der Waals surface area contributed by atoms with E-state index >= 15 is 0 Å². The van der Waals surface area contributed by atoms with Gasteiger partial charge >= 0.3 is 0 Å². The van der Waals surface area contributed by atoms with E-state index in [1.807, 2.05) is 62.1 Å². The van der Waals surface area contributed by atoms with E-state index in [9.17, 15) is 9.59 Å². The van der Waals surface area contributed by atoms with Crippen molar-refractivity contribution in [2.75, 3.05) is 30.5 Å². The molecule has 0 bridgehead atoms. The Hall–Kier alpha value is -3.71. The first-order valence-corrected chi connectivity index (χ1v) is 17.0. The highest BCUT2D eigenvalue weighted by atomic mass is 35.5.